The number of hydrogen-bond acceptors (Lipinski definition) is 8. The van der Waals surface area contributed by atoms with Crippen LogP contribution in [0.4, 0.5) is 5.69 Å². The Balaban J connectivity index is 1.18. The minimum Gasteiger partial charge on any atom is -0.492 e. The summed E-state index contributed by atoms with van der Waals surface area (Å²) < 4.78 is 5.58. The number of hydrazine groups is 1. The summed E-state index contributed by atoms with van der Waals surface area (Å²) in [4.78, 5) is 14.7. The molecule has 0 radical (unpaired) electrons. The summed E-state index contributed by atoms with van der Waals surface area (Å²) in [5.41, 5.74) is 8.67. The van der Waals surface area contributed by atoms with Crippen molar-refractivity contribution in [3.8, 4) is 5.75 Å². The summed E-state index contributed by atoms with van der Waals surface area (Å²) in [6, 6.07) is 15.8. The van der Waals surface area contributed by atoms with Crippen molar-refractivity contribution in [1.29, 1.82) is 0 Å². The molecule has 0 aromatic heterocycles. The van der Waals surface area contributed by atoms with Crippen LogP contribution in [-0.2, 0) is 4.79 Å². The number of halogens is 1. The van der Waals surface area contributed by atoms with E-state index in [-0.39, 0.29) is 29.9 Å². The Morgan fingerprint density at radius 3 is 2.88 bits per heavy atom. The number of hydrogen-bond donors (Lipinski definition) is 3. The number of amides is 1. The van der Waals surface area contributed by atoms with Gasteiger partial charge in [0.2, 0.25) is 5.91 Å². The maximum Gasteiger partial charge on any atom is 0.234 e. The molecule has 33 heavy (non-hydrogen) atoms. The average molecular weight is 485 g/mol. The van der Waals surface area contributed by atoms with Crippen molar-refractivity contribution in [1.82, 2.24) is 20.8 Å². The van der Waals surface area contributed by atoms with Crippen LogP contribution in [-0.4, -0.2) is 45.6 Å². The zero-order valence-electron chi connectivity index (χ0n) is 18.1. The molecule has 2 aromatic rings. The van der Waals surface area contributed by atoms with Crippen LogP contribution in [0.2, 0.25) is 5.02 Å². The Bertz CT molecular complexity index is 1080. The van der Waals surface area contributed by atoms with E-state index < -0.39 is 0 Å². The van der Waals surface area contributed by atoms with Crippen LogP contribution < -0.4 is 20.9 Å². The molecule has 8 nitrogen and oxygen atoms in total. The Labute approximate surface area is 202 Å². The van der Waals surface area contributed by atoms with E-state index in [1.807, 2.05) is 55.7 Å². The molecule has 3 aliphatic rings. The van der Waals surface area contributed by atoms with E-state index in [1.165, 1.54) is 17.3 Å². The number of carbonyl (C=O) groups excluding carboxylic acids is 1. The van der Waals surface area contributed by atoms with Gasteiger partial charge in [0.15, 0.2) is 5.17 Å². The third-order valence-electron chi connectivity index (χ3n) is 5.77. The highest BCUT2D eigenvalue weighted by atomic mass is 35.5. The van der Waals surface area contributed by atoms with Gasteiger partial charge >= 0.3 is 0 Å². The summed E-state index contributed by atoms with van der Waals surface area (Å²) in [6.45, 7) is 2.46. The molecule has 3 atom stereocenters. The second-order valence-electron chi connectivity index (χ2n) is 7.88. The maximum absolute atomic E-state index is 12.6. The lowest BCUT2D eigenvalue weighted by molar-refractivity contribution is -0.113. The molecule has 3 N–H and O–H groups in total. The van der Waals surface area contributed by atoms with Gasteiger partial charge < -0.3 is 20.0 Å². The number of carbonyl (C=O) groups is 1. The van der Waals surface area contributed by atoms with Crippen LogP contribution in [0.15, 0.2) is 66.0 Å². The molecule has 1 amide bonds. The lowest BCUT2D eigenvalue weighted by Gasteiger charge is -2.36. The molecule has 3 aliphatic heterocycles. The molecule has 10 heteroatoms. The first-order valence-corrected chi connectivity index (χ1v) is 12.2. The minimum atomic E-state index is -0.105. The molecule has 0 spiro atoms. The SMILES string of the molecule is CCOc1ccccc1NC(=O)CSC1=NNC2C3CC(c4ccc(Cl)cc4)NN3C=CN12. The van der Waals surface area contributed by atoms with Crippen LogP contribution in [0.3, 0.4) is 0 Å². The molecular formula is C23H25ClN6O2S. The number of benzene rings is 2. The molecule has 0 bridgehead atoms. The second-order valence-corrected chi connectivity index (χ2v) is 9.26. The zero-order valence-corrected chi connectivity index (χ0v) is 19.6. The van der Waals surface area contributed by atoms with E-state index in [1.54, 1.807) is 0 Å². The highest BCUT2D eigenvalue weighted by molar-refractivity contribution is 8.14. The largest absolute Gasteiger partial charge is 0.492 e. The van der Waals surface area contributed by atoms with Crippen molar-refractivity contribution in [3.05, 3.63) is 71.5 Å². The Morgan fingerprint density at radius 1 is 1.24 bits per heavy atom. The van der Waals surface area contributed by atoms with Gasteiger partial charge in [-0.05, 0) is 43.2 Å². The van der Waals surface area contributed by atoms with Crippen molar-refractivity contribution in [2.24, 2.45) is 5.10 Å². The Kier molecular flexibility index (Phi) is 6.34. The first kappa shape index (κ1) is 21.9. The fourth-order valence-electron chi connectivity index (χ4n) is 4.23. The molecule has 0 aliphatic carbocycles. The molecule has 5 rings (SSSR count). The predicted molar refractivity (Wildman–Crippen MR) is 132 cm³/mol. The Hall–Kier alpha value is -2.88. The number of anilines is 1. The first-order valence-electron chi connectivity index (χ1n) is 10.9. The number of thioether (sulfide) groups is 1. The monoisotopic (exact) mass is 484 g/mol. The van der Waals surface area contributed by atoms with Gasteiger partial charge in [0.05, 0.1) is 30.1 Å². The van der Waals surface area contributed by atoms with E-state index in [0.29, 0.717) is 18.0 Å². The van der Waals surface area contributed by atoms with E-state index in [0.717, 1.165) is 16.6 Å². The van der Waals surface area contributed by atoms with Crippen molar-refractivity contribution in [3.63, 3.8) is 0 Å². The standard InChI is InChI=1S/C23H25ClN6O2S/c1-2-32-20-6-4-3-5-17(20)25-21(31)14-33-23-27-26-22-19-13-18(15-7-9-16(24)10-8-15)28-30(19)12-11-29(22)23/h3-12,18-19,22,26,28H,2,13-14H2,1H3,(H,25,31). The van der Waals surface area contributed by atoms with E-state index in [2.05, 4.69) is 43.3 Å². The number of amidine groups is 1. The van der Waals surface area contributed by atoms with Crippen molar-refractivity contribution in [2.45, 2.75) is 31.6 Å². The number of rotatable bonds is 6. The molecule has 172 valence electrons. The lowest BCUT2D eigenvalue weighted by atomic mass is 10.00. The molecule has 1 fully saturated rings. The number of ether oxygens (including phenoxy) is 1. The molecule has 3 unspecified atom stereocenters. The van der Waals surface area contributed by atoms with Crippen molar-refractivity contribution >= 4 is 40.1 Å². The fraction of sp³-hybridized carbons (Fsp3) is 0.304. The van der Waals surface area contributed by atoms with Gasteiger partial charge in [0.1, 0.15) is 11.9 Å². The van der Waals surface area contributed by atoms with Crippen molar-refractivity contribution in [2.75, 3.05) is 17.7 Å². The zero-order chi connectivity index (χ0) is 22.8. The lowest BCUT2D eigenvalue weighted by Crippen LogP contribution is -2.54. The summed E-state index contributed by atoms with van der Waals surface area (Å²) >= 11 is 7.44. The van der Waals surface area contributed by atoms with Gasteiger partial charge in [-0.1, -0.05) is 47.6 Å². The van der Waals surface area contributed by atoms with Gasteiger partial charge in [0.25, 0.3) is 0 Å². The number of para-hydroxylation sites is 2. The van der Waals surface area contributed by atoms with Crippen LogP contribution in [0.5, 0.6) is 5.75 Å². The third-order valence-corrected chi connectivity index (χ3v) is 6.99. The van der Waals surface area contributed by atoms with E-state index in [9.17, 15) is 4.79 Å². The maximum atomic E-state index is 12.6. The molecule has 2 aromatic carbocycles. The minimum absolute atomic E-state index is 0.00374. The highest BCUT2D eigenvalue weighted by Gasteiger charge is 2.44. The normalized spacial score (nSPS) is 23.0. The molecule has 1 saturated heterocycles. The summed E-state index contributed by atoms with van der Waals surface area (Å²) in [7, 11) is 0. The third kappa shape index (κ3) is 4.62. The number of hydrazone groups is 1. The van der Waals surface area contributed by atoms with E-state index in [4.69, 9.17) is 16.3 Å². The van der Waals surface area contributed by atoms with Crippen LogP contribution >= 0.6 is 23.4 Å². The average Bonchev–Trinajstić information content (AvgIpc) is 3.43. The van der Waals surface area contributed by atoms with Crippen molar-refractivity contribution < 1.29 is 9.53 Å². The van der Waals surface area contributed by atoms with Gasteiger partial charge in [-0.2, -0.15) is 5.10 Å². The second kappa shape index (κ2) is 9.54. The molecule has 0 saturated carbocycles. The van der Waals surface area contributed by atoms with Gasteiger partial charge in [-0.3, -0.25) is 10.2 Å². The fourth-order valence-corrected chi connectivity index (χ4v) is 5.13. The smallest absolute Gasteiger partial charge is 0.234 e. The quantitative estimate of drug-likeness (QED) is 0.576. The van der Waals surface area contributed by atoms with E-state index >= 15 is 0 Å². The summed E-state index contributed by atoms with van der Waals surface area (Å²) in [6.07, 6.45) is 4.94. The van der Waals surface area contributed by atoms with Gasteiger partial charge in [-0.25, -0.2) is 5.43 Å². The highest BCUT2D eigenvalue weighted by Crippen LogP contribution is 2.35. The van der Waals surface area contributed by atoms with Gasteiger partial charge in [0, 0.05) is 17.4 Å². The topological polar surface area (TPSA) is 81.2 Å². The summed E-state index contributed by atoms with van der Waals surface area (Å²) in [5, 5.41) is 11.1. The predicted octanol–water partition coefficient (Wildman–Crippen LogP) is 3.72. The van der Waals surface area contributed by atoms with Crippen LogP contribution in [0, 0.1) is 0 Å². The Morgan fingerprint density at radius 2 is 2.06 bits per heavy atom. The van der Waals surface area contributed by atoms with Crippen LogP contribution in [0.1, 0.15) is 24.9 Å². The number of nitrogens with zero attached hydrogens (tertiary/aromatic N) is 3. The van der Waals surface area contributed by atoms with Gasteiger partial charge in [-0.15, -0.1) is 0 Å². The molecule has 3 heterocycles. The summed E-state index contributed by atoms with van der Waals surface area (Å²) in [5.74, 6) is 0.811. The number of fused-ring (bicyclic) bond motifs is 3. The molecular weight excluding hydrogens is 460 g/mol. The number of nitrogens with one attached hydrogen (secondary N) is 3. The van der Waals surface area contributed by atoms with Crippen LogP contribution in [0.25, 0.3) is 0 Å². The first-order chi connectivity index (χ1) is 16.1.